The second-order valence-corrected chi connectivity index (χ2v) is 12.1. The third-order valence-corrected chi connectivity index (χ3v) is 8.39. The van der Waals surface area contributed by atoms with Crippen molar-refractivity contribution in [2.75, 3.05) is 56.2 Å². The van der Waals surface area contributed by atoms with E-state index in [-0.39, 0.29) is 50.4 Å². The van der Waals surface area contributed by atoms with Gasteiger partial charge in [0, 0.05) is 25.0 Å². The van der Waals surface area contributed by atoms with Gasteiger partial charge in [-0.2, -0.15) is 0 Å². The van der Waals surface area contributed by atoms with Crippen LogP contribution in [0.2, 0.25) is 8.67 Å². The number of carbonyl (C=O) groups is 4. The molecule has 10 nitrogen and oxygen atoms in total. The number of hydrogen-bond acceptors (Lipinski definition) is 9. The number of nitrogens with one attached hydrogen (secondary N) is 2. The predicted octanol–water partition coefficient (Wildman–Crippen LogP) is 4.32. The molecule has 14 heteroatoms. The van der Waals surface area contributed by atoms with Crippen LogP contribution >= 0.6 is 45.9 Å². The first-order valence-corrected chi connectivity index (χ1v) is 14.6. The smallest absolute Gasteiger partial charge is 0.414 e. The average molecular weight is 626 g/mol. The summed E-state index contributed by atoms with van der Waals surface area (Å²) in [6, 6.07) is 13.8. The maximum absolute atomic E-state index is 12.9. The number of carbonyl (C=O) groups excluding carboxylic acids is 4. The number of amides is 3. The van der Waals surface area contributed by atoms with Crippen LogP contribution in [0, 0.1) is 0 Å². The molecule has 0 radical (unpaired) electrons. The van der Waals surface area contributed by atoms with Crippen LogP contribution in [0.15, 0.2) is 48.5 Å². The van der Waals surface area contributed by atoms with Crippen LogP contribution in [-0.4, -0.2) is 76.2 Å². The van der Waals surface area contributed by atoms with E-state index in [1.54, 1.807) is 48.5 Å². The lowest BCUT2D eigenvalue weighted by molar-refractivity contribution is -0.125. The van der Waals surface area contributed by atoms with Gasteiger partial charge in [-0.25, -0.2) is 4.79 Å². The second kappa shape index (κ2) is 14.0. The fourth-order valence-corrected chi connectivity index (χ4v) is 5.77. The number of rotatable bonds is 13. The molecule has 1 saturated heterocycles. The van der Waals surface area contributed by atoms with Crippen LogP contribution in [0.25, 0.3) is 0 Å². The summed E-state index contributed by atoms with van der Waals surface area (Å²) in [5, 5.41) is 5.26. The first kappa shape index (κ1) is 29.8. The summed E-state index contributed by atoms with van der Waals surface area (Å²) < 4.78 is 11.9. The number of ether oxygens (including phenoxy) is 2. The molecule has 0 saturated carbocycles. The van der Waals surface area contributed by atoms with Crippen molar-refractivity contribution >= 4 is 80.9 Å². The van der Waals surface area contributed by atoms with Crippen molar-refractivity contribution in [2.24, 2.45) is 0 Å². The topological polar surface area (TPSA) is 117 Å². The third-order valence-electron chi connectivity index (χ3n) is 5.89. The molecule has 2 N–H and O–H groups in total. The molecule has 1 aliphatic rings. The van der Waals surface area contributed by atoms with Gasteiger partial charge in [0.1, 0.15) is 12.7 Å². The minimum absolute atomic E-state index is 0.0719. The Morgan fingerprint density at radius 1 is 1.05 bits per heavy atom. The van der Waals surface area contributed by atoms with Crippen molar-refractivity contribution in [1.82, 2.24) is 10.6 Å². The Morgan fingerprint density at radius 3 is 2.35 bits per heavy atom. The molecule has 0 bridgehead atoms. The summed E-state index contributed by atoms with van der Waals surface area (Å²) >= 11 is 14.3. The summed E-state index contributed by atoms with van der Waals surface area (Å²) in [6.45, 7) is 0.979. The van der Waals surface area contributed by atoms with Crippen molar-refractivity contribution in [3.05, 3.63) is 67.0 Å². The molecule has 40 heavy (non-hydrogen) atoms. The first-order valence-electron chi connectivity index (χ1n) is 12.2. The lowest BCUT2D eigenvalue weighted by Crippen LogP contribution is -2.34. The summed E-state index contributed by atoms with van der Waals surface area (Å²) in [5.74, 6) is -0.633. The number of thiophene rings is 2. The van der Waals surface area contributed by atoms with Crippen molar-refractivity contribution in [3.8, 4) is 0 Å². The Balaban J connectivity index is 1.38. The molecule has 1 atom stereocenters. The van der Waals surface area contributed by atoms with Gasteiger partial charge in [0.15, 0.2) is 5.78 Å². The number of Topliss-reactive ketones (excluding diaryl/α,β-unsaturated/α-hetero) is 1. The number of hydrogen-bond donors (Lipinski definition) is 2. The van der Waals surface area contributed by atoms with Gasteiger partial charge >= 0.3 is 6.09 Å². The Hall–Kier alpha value is -3.16. The molecular formula is C26H26Cl2N4O6S2. The summed E-state index contributed by atoms with van der Waals surface area (Å²) in [7, 11) is 1.53. The number of ketones is 1. The van der Waals surface area contributed by atoms with Gasteiger partial charge in [0.25, 0.3) is 5.91 Å². The van der Waals surface area contributed by atoms with Crippen molar-refractivity contribution < 1.29 is 28.7 Å². The van der Waals surface area contributed by atoms with E-state index in [4.69, 9.17) is 32.7 Å². The number of cyclic esters (lactones) is 1. The lowest BCUT2D eigenvalue weighted by atomic mass is 10.2. The molecule has 0 spiro atoms. The van der Waals surface area contributed by atoms with E-state index in [0.717, 1.165) is 5.69 Å². The van der Waals surface area contributed by atoms with E-state index in [1.165, 1.54) is 34.6 Å². The standard InChI is InChI=1S/C26H26Cl2N4O6S2/c1-29-24(34)15-37-11-10-31(14-19(33)20-6-8-22(27)39-20)16-2-4-17(5-3-16)32-13-18(38-26(32)36)12-30-25(35)21-7-9-23(28)40-21/h2-9,18H,10-15H2,1H3,(H,29,34)(H,30,35)/t18-/m0/s1. The number of halogens is 2. The molecule has 3 aromatic rings. The summed E-state index contributed by atoms with van der Waals surface area (Å²) in [6.07, 6.45) is -1.04. The van der Waals surface area contributed by atoms with Gasteiger partial charge in [-0.3, -0.25) is 19.3 Å². The Kier molecular flexibility index (Phi) is 10.4. The maximum Gasteiger partial charge on any atom is 0.414 e. The van der Waals surface area contributed by atoms with Crippen LogP contribution in [0.5, 0.6) is 0 Å². The van der Waals surface area contributed by atoms with Crippen LogP contribution in [0.4, 0.5) is 16.2 Å². The molecule has 212 valence electrons. The highest BCUT2D eigenvalue weighted by molar-refractivity contribution is 7.18. The molecule has 3 amide bonds. The summed E-state index contributed by atoms with van der Waals surface area (Å²) in [5.41, 5.74) is 1.34. The van der Waals surface area contributed by atoms with E-state index < -0.39 is 12.2 Å². The van der Waals surface area contributed by atoms with E-state index in [0.29, 0.717) is 30.7 Å². The van der Waals surface area contributed by atoms with Crippen LogP contribution in [0.1, 0.15) is 19.3 Å². The SMILES string of the molecule is CNC(=O)COCCN(CC(=O)c1ccc(Cl)s1)c1ccc(N2C[C@H](CNC(=O)c3ccc(Cl)s3)OC2=O)cc1. The highest BCUT2D eigenvalue weighted by Gasteiger charge is 2.32. The third kappa shape index (κ3) is 7.95. The minimum Gasteiger partial charge on any atom is -0.442 e. The number of nitrogens with zero attached hydrogens (tertiary/aromatic N) is 2. The van der Waals surface area contributed by atoms with Crippen LogP contribution in [-0.2, 0) is 14.3 Å². The first-order chi connectivity index (χ1) is 19.2. The Morgan fingerprint density at radius 2 is 1.73 bits per heavy atom. The van der Waals surface area contributed by atoms with Crippen molar-refractivity contribution in [1.29, 1.82) is 0 Å². The molecule has 2 aromatic heterocycles. The molecule has 1 aliphatic heterocycles. The van der Waals surface area contributed by atoms with Crippen molar-refractivity contribution in [3.63, 3.8) is 0 Å². The Labute approximate surface area is 248 Å². The van der Waals surface area contributed by atoms with E-state index in [2.05, 4.69) is 10.6 Å². The predicted molar refractivity (Wildman–Crippen MR) is 156 cm³/mol. The molecule has 1 aromatic carbocycles. The summed E-state index contributed by atoms with van der Waals surface area (Å²) in [4.78, 5) is 53.5. The van der Waals surface area contributed by atoms with Crippen molar-refractivity contribution in [2.45, 2.75) is 6.10 Å². The van der Waals surface area contributed by atoms with E-state index >= 15 is 0 Å². The molecular weight excluding hydrogens is 599 g/mol. The fraction of sp³-hybridized carbons (Fsp3) is 0.308. The fourth-order valence-electron chi connectivity index (χ4n) is 3.84. The Bertz CT molecular complexity index is 1360. The number of benzene rings is 1. The van der Waals surface area contributed by atoms with Gasteiger partial charge in [-0.05, 0) is 48.5 Å². The average Bonchev–Trinajstić information content (AvgIpc) is 3.68. The van der Waals surface area contributed by atoms with E-state index in [9.17, 15) is 19.2 Å². The highest BCUT2D eigenvalue weighted by atomic mass is 35.5. The number of anilines is 2. The lowest BCUT2D eigenvalue weighted by Gasteiger charge is -2.24. The molecule has 1 fully saturated rings. The zero-order chi connectivity index (χ0) is 28.6. The van der Waals surface area contributed by atoms with E-state index in [1.807, 2.05) is 4.90 Å². The normalized spacial score (nSPS) is 14.6. The van der Waals surface area contributed by atoms with Gasteiger partial charge in [0.2, 0.25) is 5.91 Å². The van der Waals surface area contributed by atoms with Crippen LogP contribution < -0.4 is 20.4 Å². The van der Waals surface area contributed by atoms with Gasteiger partial charge in [-0.15, -0.1) is 22.7 Å². The van der Waals surface area contributed by atoms with Gasteiger partial charge in [-0.1, -0.05) is 23.2 Å². The molecule has 0 aliphatic carbocycles. The second-order valence-electron chi connectivity index (χ2n) is 8.62. The van der Waals surface area contributed by atoms with Gasteiger partial charge < -0.3 is 25.0 Å². The monoisotopic (exact) mass is 624 g/mol. The minimum atomic E-state index is -0.518. The maximum atomic E-state index is 12.9. The van der Waals surface area contributed by atoms with Crippen LogP contribution in [0.3, 0.4) is 0 Å². The zero-order valence-electron chi connectivity index (χ0n) is 21.4. The molecule has 3 heterocycles. The number of likely N-dealkylation sites (N-methyl/N-ethyl adjacent to an activating group) is 1. The quantitative estimate of drug-likeness (QED) is 0.215. The highest BCUT2D eigenvalue weighted by Crippen LogP contribution is 2.27. The largest absolute Gasteiger partial charge is 0.442 e. The molecule has 4 rings (SSSR count). The molecule has 0 unspecified atom stereocenters. The zero-order valence-corrected chi connectivity index (χ0v) is 24.5. The van der Waals surface area contributed by atoms with Gasteiger partial charge in [0.05, 0.1) is 44.7 Å².